The largest absolute Gasteiger partial charge is 0.0684 e. The van der Waals surface area contributed by atoms with E-state index >= 15 is 0 Å². The maximum atomic E-state index is 2.54. The van der Waals surface area contributed by atoms with Crippen molar-refractivity contribution in [2.45, 2.75) is 110 Å². The van der Waals surface area contributed by atoms with Gasteiger partial charge in [0, 0.05) is 40.4 Å². The van der Waals surface area contributed by atoms with E-state index in [1.165, 1.54) is 77.4 Å². The third-order valence-electron chi connectivity index (χ3n) is 9.07. The van der Waals surface area contributed by atoms with Crippen molar-refractivity contribution < 1.29 is 40.4 Å². The molecule has 3 rings (SSSR count). The van der Waals surface area contributed by atoms with Crippen LogP contribution in [0.3, 0.4) is 0 Å². The fourth-order valence-corrected chi connectivity index (χ4v) is 11.0. The molecule has 0 amide bonds. The Hall–Kier alpha value is 1.55. The van der Waals surface area contributed by atoms with Crippen molar-refractivity contribution in [3.05, 3.63) is 88.0 Å². The van der Waals surface area contributed by atoms with Crippen LogP contribution >= 0.6 is 0 Å². The topological polar surface area (TPSA) is 0 Å². The van der Waals surface area contributed by atoms with Crippen LogP contribution in [0.4, 0.5) is 0 Å². The van der Waals surface area contributed by atoms with E-state index in [2.05, 4.69) is 103 Å². The van der Waals surface area contributed by atoms with Crippen LogP contribution in [0.25, 0.3) is 0 Å². The average molecular weight is 598 g/mol. The van der Waals surface area contributed by atoms with Crippen molar-refractivity contribution in [1.82, 2.24) is 0 Å². The quantitative estimate of drug-likeness (QED) is 0.285. The van der Waals surface area contributed by atoms with Crippen LogP contribution in [0.2, 0.25) is 13.1 Å². The van der Waals surface area contributed by atoms with E-state index in [4.69, 9.17) is 0 Å². The molecule has 3 saturated carbocycles. The van der Waals surface area contributed by atoms with Crippen LogP contribution in [-0.2, 0) is 0 Å². The van der Waals surface area contributed by atoms with Gasteiger partial charge in [0.25, 0.3) is 0 Å². The van der Waals surface area contributed by atoms with E-state index in [1.807, 2.05) is 0 Å². The zero-order chi connectivity index (χ0) is 24.9. The van der Waals surface area contributed by atoms with Crippen molar-refractivity contribution in [2.75, 3.05) is 0 Å². The molecule has 0 aromatic carbocycles. The normalized spacial score (nSPS) is 27.7. The summed E-state index contributed by atoms with van der Waals surface area (Å²) in [5.41, 5.74) is 3.35. The third-order valence-corrected chi connectivity index (χ3v) is 13.1. The van der Waals surface area contributed by atoms with Crippen molar-refractivity contribution >= 4 is 8.07 Å². The first kappa shape index (κ1) is 32.6. The van der Waals surface area contributed by atoms with E-state index in [-0.39, 0.29) is 40.4 Å². The average Bonchev–Trinajstić information content (AvgIpc) is 3.14. The maximum absolute atomic E-state index is 2.54. The molecule has 3 aliphatic carbocycles. The molecule has 0 bridgehead atoms. The van der Waals surface area contributed by atoms with Gasteiger partial charge in [0.15, 0.2) is 0 Å². The van der Waals surface area contributed by atoms with Gasteiger partial charge in [-0.15, -0.1) is 0 Å². The van der Waals surface area contributed by atoms with Crippen LogP contribution in [0.1, 0.15) is 96.4 Å². The van der Waals surface area contributed by atoms with E-state index in [0.717, 1.165) is 0 Å². The summed E-state index contributed by atoms with van der Waals surface area (Å²) in [5.74, 6) is 19.7. The number of hydrogen-bond donors (Lipinski definition) is 0. The van der Waals surface area contributed by atoms with Gasteiger partial charge in [-0.25, -0.2) is 0 Å². The van der Waals surface area contributed by atoms with Gasteiger partial charge in [0.1, 0.15) is 0 Å². The standard InChI is InChI=1S/C20H30Si.C11H17.Sm/c1-11-12(2)16(6)19(15(11)5)21(9,10)20-17(7)13(3)14(4)18(20)8;1-6-11-9(4)7(2)8(3)10(11)5;/h1-10H3;6H2,1-5H3;. The van der Waals surface area contributed by atoms with Crippen LogP contribution in [0.5, 0.6) is 0 Å². The van der Waals surface area contributed by atoms with Gasteiger partial charge in [0.2, 0.25) is 0 Å². The predicted molar refractivity (Wildman–Crippen MR) is 145 cm³/mol. The van der Waals surface area contributed by atoms with E-state index in [1.54, 1.807) is 17.0 Å². The SMILES string of the molecule is CC[C]1[C](C)[C](C)[C](C)[C]1C.C[C]1[C](C)[C](C)[C]([Si](C)(C)[C]2[C](C)[C](C)[C](C)[C]2C)[C]1C.[Sm]. The van der Waals surface area contributed by atoms with Gasteiger partial charge < -0.3 is 0 Å². The predicted octanol–water partition coefficient (Wildman–Crippen LogP) is 9.07. The molecule has 0 heterocycles. The molecule has 0 nitrogen and oxygen atoms in total. The van der Waals surface area contributed by atoms with Crippen molar-refractivity contribution in [3.8, 4) is 0 Å². The summed E-state index contributed by atoms with van der Waals surface area (Å²) in [6.07, 6.45) is 1.17. The molecule has 0 aromatic rings. The van der Waals surface area contributed by atoms with Gasteiger partial charge >= 0.3 is 0 Å². The smallest absolute Gasteiger partial charge is 0.0633 e. The van der Waals surface area contributed by atoms with Gasteiger partial charge in [-0.2, -0.15) is 0 Å². The minimum atomic E-state index is -1.65. The van der Waals surface area contributed by atoms with Crippen LogP contribution < -0.4 is 0 Å². The molecular weight excluding hydrogens is 551 g/mol. The first-order valence-electron chi connectivity index (χ1n) is 12.3. The minimum absolute atomic E-state index is 0. The van der Waals surface area contributed by atoms with Gasteiger partial charge in [-0.05, 0) is 94.4 Å². The molecule has 0 aromatic heterocycles. The van der Waals surface area contributed by atoms with Gasteiger partial charge in [-0.1, -0.05) is 103 Å². The molecule has 0 saturated heterocycles. The molecule has 3 fully saturated rings. The molecule has 0 N–H and O–H groups in total. The summed E-state index contributed by atoms with van der Waals surface area (Å²) in [6.45, 7) is 34.6. The van der Waals surface area contributed by atoms with Crippen molar-refractivity contribution in [3.63, 3.8) is 0 Å². The number of rotatable bonds is 3. The first-order chi connectivity index (χ1) is 14.6. The second-order valence-corrected chi connectivity index (χ2v) is 15.0. The Morgan fingerprint density at radius 3 is 0.788 bits per heavy atom. The molecule has 0 atom stereocenters. The van der Waals surface area contributed by atoms with E-state index < -0.39 is 8.07 Å². The zero-order valence-corrected chi connectivity index (χ0v) is 27.7. The Labute approximate surface area is 244 Å². The molecule has 0 spiro atoms. The fourth-order valence-electron chi connectivity index (χ4n) is 6.26. The van der Waals surface area contributed by atoms with Crippen molar-refractivity contribution in [1.29, 1.82) is 0 Å². The van der Waals surface area contributed by atoms with Crippen molar-refractivity contribution in [2.24, 2.45) is 0 Å². The minimum Gasteiger partial charge on any atom is -0.0684 e. The fraction of sp³-hybridized carbons (Fsp3) is 0.516. The monoisotopic (exact) mass is 599 g/mol. The molecule has 33 heavy (non-hydrogen) atoms. The summed E-state index contributed by atoms with van der Waals surface area (Å²) in [5, 5.41) is 0. The van der Waals surface area contributed by atoms with E-state index in [9.17, 15) is 0 Å². The molecule has 0 unspecified atom stereocenters. The maximum Gasteiger partial charge on any atom is 0.0633 e. The second kappa shape index (κ2) is 12.4. The van der Waals surface area contributed by atoms with Crippen LogP contribution in [0, 0.1) is 128 Å². The third kappa shape index (κ3) is 5.85. The molecule has 2 heteroatoms. The summed E-state index contributed by atoms with van der Waals surface area (Å²) in [4.78, 5) is 0. The summed E-state index contributed by atoms with van der Waals surface area (Å²) in [7, 11) is -1.65. The van der Waals surface area contributed by atoms with Crippen LogP contribution in [0.15, 0.2) is 0 Å². The van der Waals surface area contributed by atoms with Gasteiger partial charge in [0.05, 0.1) is 8.07 Å². The summed E-state index contributed by atoms with van der Waals surface area (Å²) < 4.78 is 0. The number of hydrogen-bond acceptors (Lipinski definition) is 0. The second-order valence-electron chi connectivity index (χ2n) is 10.7. The Kier molecular flexibility index (Phi) is 12.2. The Morgan fingerprint density at radius 1 is 0.394 bits per heavy atom. The first-order valence-corrected chi connectivity index (χ1v) is 15.3. The zero-order valence-electron chi connectivity index (χ0n) is 24.1. The summed E-state index contributed by atoms with van der Waals surface area (Å²) >= 11 is 0. The van der Waals surface area contributed by atoms with E-state index in [0.29, 0.717) is 0 Å². The van der Waals surface area contributed by atoms with Gasteiger partial charge in [-0.3, -0.25) is 0 Å². The van der Waals surface area contributed by atoms with Crippen LogP contribution in [-0.4, -0.2) is 8.07 Å². The Morgan fingerprint density at radius 2 is 0.606 bits per heavy atom. The molecular formula is C31H47SiSm. The molecule has 181 valence electrons. The molecule has 0 aliphatic heterocycles. The molecule has 3 aliphatic rings. The Balaban J connectivity index is 0.000000385. The molecule has 15 radical (unpaired) electrons. The Bertz CT molecular complexity index is 526. The summed E-state index contributed by atoms with van der Waals surface area (Å²) in [6, 6.07) is 0.